The van der Waals surface area contributed by atoms with Gasteiger partial charge in [-0.25, -0.2) is 4.98 Å². The van der Waals surface area contributed by atoms with Crippen LogP contribution < -0.4 is 16.4 Å². The van der Waals surface area contributed by atoms with Crippen LogP contribution in [0.3, 0.4) is 0 Å². The zero-order valence-corrected chi connectivity index (χ0v) is 10.8. The first-order valence-corrected chi connectivity index (χ1v) is 5.83. The fourth-order valence-corrected chi connectivity index (χ4v) is 1.48. The molecule has 1 rings (SSSR count). The predicted molar refractivity (Wildman–Crippen MR) is 69.6 cm³/mol. The molecule has 0 aromatic carbocycles. The Bertz CT molecular complexity index is 451. The molecule has 0 aliphatic rings. The lowest BCUT2D eigenvalue weighted by molar-refractivity contribution is -0.118. The topological polar surface area (TPSA) is 97.1 Å². The van der Waals surface area contributed by atoms with Crippen LogP contribution in [0.25, 0.3) is 0 Å². The Morgan fingerprint density at radius 2 is 2.17 bits per heavy atom. The van der Waals surface area contributed by atoms with Crippen molar-refractivity contribution in [2.75, 3.05) is 18.9 Å². The number of nitrogens with two attached hydrogens (primary N) is 1. The third kappa shape index (κ3) is 4.21. The second kappa shape index (κ2) is 6.80. The fourth-order valence-electron chi connectivity index (χ4n) is 1.29. The molecule has 0 unspecified atom stereocenters. The Morgan fingerprint density at radius 1 is 1.44 bits per heavy atom. The maximum absolute atomic E-state index is 11.8. The van der Waals surface area contributed by atoms with E-state index in [1.807, 2.05) is 0 Å². The summed E-state index contributed by atoms with van der Waals surface area (Å²) in [5.74, 6) is -0.208. The first-order valence-electron chi connectivity index (χ1n) is 5.45. The molecule has 98 valence electrons. The number of nitrogens with zero attached hydrogens (tertiary/aromatic N) is 1. The quantitative estimate of drug-likeness (QED) is 0.665. The molecule has 1 aromatic rings. The summed E-state index contributed by atoms with van der Waals surface area (Å²) in [6.45, 7) is 0.351. The summed E-state index contributed by atoms with van der Waals surface area (Å²) < 4.78 is 0. The van der Waals surface area contributed by atoms with Crippen LogP contribution in [0.4, 0.5) is 5.82 Å². The number of halogens is 1. The maximum Gasteiger partial charge on any atom is 0.271 e. The molecule has 0 spiro atoms. The zero-order chi connectivity index (χ0) is 13.5. The molecular weight excluding hydrogens is 256 g/mol. The van der Waals surface area contributed by atoms with E-state index in [9.17, 15) is 9.59 Å². The molecule has 0 aliphatic carbocycles. The van der Waals surface area contributed by atoms with E-state index in [0.717, 1.165) is 0 Å². The fraction of sp³-hybridized carbons (Fsp3) is 0.364. The lowest BCUT2D eigenvalue weighted by atomic mass is 10.3. The molecule has 18 heavy (non-hydrogen) atoms. The molecule has 1 heterocycles. The van der Waals surface area contributed by atoms with Crippen LogP contribution in [-0.2, 0) is 4.79 Å². The van der Waals surface area contributed by atoms with E-state index in [4.69, 9.17) is 17.3 Å². The number of rotatable bonds is 6. The molecular formula is C11H15ClN4O2. The Hall–Kier alpha value is -1.82. The standard InChI is InChI=1S/C11H15ClN4O2/c1-14-9-5-4-7(12)10(16-9)11(18)15-6-2-3-8(13)17/h4-5H,2-3,6H2,1H3,(H2,13,17)(H,14,16)(H,15,18). The number of nitrogens with one attached hydrogen (secondary N) is 2. The smallest absolute Gasteiger partial charge is 0.271 e. The summed E-state index contributed by atoms with van der Waals surface area (Å²) in [5, 5.41) is 5.72. The van der Waals surface area contributed by atoms with Crippen molar-refractivity contribution in [3.63, 3.8) is 0 Å². The lowest BCUT2D eigenvalue weighted by Gasteiger charge is -2.07. The highest BCUT2D eigenvalue weighted by Crippen LogP contribution is 2.16. The Morgan fingerprint density at radius 3 is 2.78 bits per heavy atom. The number of primary amides is 1. The number of hydrogen-bond acceptors (Lipinski definition) is 4. The van der Waals surface area contributed by atoms with Gasteiger partial charge in [-0.05, 0) is 18.6 Å². The van der Waals surface area contributed by atoms with Crippen molar-refractivity contribution in [3.8, 4) is 0 Å². The minimum Gasteiger partial charge on any atom is -0.373 e. The number of hydrogen-bond donors (Lipinski definition) is 3. The van der Waals surface area contributed by atoms with Crippen molar-refractivity contribution in [1.82, 2.24) is 10.3 Å². The van der Waals surface area contributed by atoms with E-state index in [1.165, 1.54) is 0 Å². The van der Waals surface area contributed by atoms with Crippen molar-refractivity contribution in [2.45, 2.75) is 12.8 Å². The van der Waals surface area contributed by atoms with Gasteiger partial charge in [0.05, 0.1) is 5.02 Å². The van der Waals surface area contributed by atoms with Crippen molar-refractivity contribution in [1.29, 1.82) is 0 Å². The molecule has 0 bridgehead atoms. The molecule has 1 aromatic heterocycles. The zero-order valence-electron chi connectivity index (χ0n) is 10.00. The van der Waals surface area contributed by atoms with E-state index in [1.54, 1.807) is 19.2 Å². The van der Waals surface area contributed by atoms with Gasteiger partial charge in [0.1, 0.15) is 11.5 Å². The first-order chi connectivity index (χ1) is 8.54. The van der Waals surface area contributed by atoms with E-state index >= 15 is 0 Å². The summed E-state index contributed by atoms with van der Waals surface area (Å²) in [4.78, 5) is 26.4. The summed E-state index contributed by atoms with van der Waals surface area (Å²) in [6, 6.07) is 3.27. The summed E-state index contributed by atoms with van der Waals surface area (Å²) in [7, 11) is 1.70. The summed E-state index contributed by atoms with van der Waals surface area (Å²) in [5.41, 5.74) is 5.14. The van der Waals surface area contributed by atoms with Crippen LogP contribution in [0.1, 0.15) is 23.3 Å². The number of anilines is 1. The van der Waals surface area contributed by atoms with Gasteiger partial charge < -0.3 is 16.4 Å². The molecule has 0 atom stereocenters. The van der Waals surface area contributed by atoms with Crippen molar-refractivity contribution < 1.29 is 9.59 Å². The van der Waals surface area contributed by atoms with E-state index in [-0.39, 0.29) is 23.0 Å². The average molecular weight is 271 g/mol. The second-order valence-corrected chi connectivity index (χ2v) is 4.01. The highest BCUT2D eigenvalue weighted by Gasteiger charge is 2.12. The van der Waals surface area contributed by atoms with E-state index in [2.05, 4.69) is 15.6 Å². The normalized spacial score (nSPS) is 9.89. The molecule has 4 N–H and O–H groups in total. The molecule has 2 amide bonds. The van der Waals surface area contributed by atoms with Crippen LogP contribution >= 0.6 is 11.6 Å². The lowest BCUT2D eigenvalue weighted by Crippen LogP contribution is -2.26. The highest BCUT2D eigenvalue weighted by molar-refractivity contribution is 6.33. The third-order valence-corrected chi connectivity index (χ3v) is 2.51. The van der Waals surface area contributed by atoms with Gasteiger partial charge in [-0.3, -0.25) is 9.59 Å². The largest absolute Gasteiger partial charge is 0.373 e. The van der Waals surface area contributed by atoms with Crippen LogP contribution in [0.5, 0.6) is 0 Å². The molecule has 0 saturated carbocycles. The maximum atomic E-state index is 11.8. The highest BCUT2D eigenvalue weighted by atomic mass is 35.5. The number of carbonyl (C=O) groups excluding carboxylic acids is 2. The Labute approximate surface area is 110 Å². The van der Waals surface area contributed by atoms with Gasteiger partial charge in [-0.15, -0.1) is 0 Å². The van der Waals surface area contributed by atoms with Gasteiger partial charge in [0.2, 0.25) is 5.91 Å². The van der Waals surface area contributed by atoms with Gasteiger partial charge >= 0.3 is 0 Å². The Balaban J connectivity index is 2.58. The number of amides is 2. The first kappa shape index (κ1) is 14.2. The molecule has 0 fully saturated rings. The summed E-state index contributed by atoms with van der Waals surface area (Å²) >= 11 is 5.89. The monoisotopic (exact) mass is 270 g/mol. The number of aromatic nitrogens is 1. The van der Waals surface area contributed by atoms with Gasteiger partial charge in [-0.2, -0.15) is 0 Å². The van der Waals surface area contributed by atoms with E-state index in [0.29, 0.717) is 18.8 Å². The van der Waals surface area contributed by atoms with Crippen LogP contribution in [-0.4, -0.2) is 30.4 Å². The van der Waals surface area contributed by atoms with Crippen molar-refractivity contribution in [2.24, 2.45) is 5.73 Å². The average Bonchev–Trinajstić information content (AvgIpc) is 2.34. The van der Waals surface area contributed by atoms with Crippen LogP contribution in [0.2, 0.25) is 5.02 Å². The van der Waals surface area contributed by atoms with Gasteiger partial charge in [0.15, 0.2) is 0 Å². The van der Waals surface area contributed by atoms with Crippen LogP contribution in [0.15, 0.2) is 12.1 Å². The van der Waals surface area contributed by atoms with Gasteiger partial charge in [0, 0.05) is 20.0 Å². The molecule has 0 aliphatic heterocycles. The summed E-state index contributed by atoms with van der Waals surface area (Å²) in [6.07, 6.45) is 0.725. The van der Waals surface area contributed by atoms with Crippen molar-refractivity contribution >= 4 is 29.2 Å². The molecule has 0 saturated heterocycles. The number of carbonyl (C=O) groups is 2. The SMILES string of the molecule is CNc1ccc(Cl)c(C(=O)NCCCC(N)=O)n1. The minimum absolute atomic E-state index is 0.155. The van der Waals surface area contributed by atoms with E-state index < -0.39 is 5.91 Å². The molecule has 6 nitrogen and oxygen atoms in total. The third-order valence-electron chi connectivity index (χ3n) is 2.20. The van der Waals surface area contributed by atoms with Gasteiger partial charge in [0.25, 0.3) is 5.91 Å². The minimum atomic E-state index is -0.391. The van der Waals surface area contributed by atoms with Gasteiger partial charge in [-0.1, -0.05) is 11.6 Å². The predicted octanol–water partition coefficient (Wildman–Crippen LogP) is 0.772. The second-order valence-electron chi connectivity index (χ2n) is 3.60. The Kier molecular flexibility index (Phi) is 5.38. The van der Waals surface area contributed by atoms with Crippen molar-refractivity contribution in [3.05, 3.63) is 22.8 Å². The molecule has 7 heteroatoms. The molecule has 0 radical (unpaired) electrons. The van der Waals surface area contributed by atoms with Crippen LogP contribution in [0, 0.1) is 0 Å². The number of pyridine rings is 1.